The molecule has 0 spiro atoms. The van der Waals surface area contributed by atoms with Crippen molar-refractivity contribution in [3.05, 3.63) is 46.0 Å². The molecular formula is C19H17N3O2S. The Kier molecular flexibility index (Phi) is 3.58. The molecule has 3 aromatic rings. The van der Waals surface area contributed by atoms with Crippen LogP contribution in [0.25, 0.3) is 21.3 Å². The lowest BCUT2D eigenvalue weighted by molar-refractivity contribution is 0.0999. The smallest absolute Gasteiger partial charge is 0.260 e. The number of anilines is 1. The quantitative estimate of drug-likeness (QED) is 0.707. The minimum atomic E-state index is -0.529. The summed E-state index contributed by atoms with van der Waals surface area (Å²) in [6.45, 7) is 1.55. The zero-order valence-corrected chi connectivity index (χ0v) is 14.6. The van der Waals surface area contributed by atoms with Gasteiger partial charge in [-0.3, -0.25) is 9.59 Å². The number of primary amides is 1. The van der Waals surface area contributed by atoms with Crippen LogP contribution in [-0.4, -0.2) is 16.7 Å². The summed E-state index contributed by atoms with van der Waals surface area (Å²) in [6.07, 6.45) is 2.91. The average Bonchev–Trinajstić information content (AvgIpc) is 3.17. The second kappa shape index (κ2) is 5.67. The normalized spacial score (nSPS) is 13.2. The number of benzene rings is 1. The molecular weight excluding hydrogens is 334 g/mol. The Hall–Kier alpha value is -2.73. The Morgan fingerprint density at radius 2 is 1.88 bits per heavy atom. The minimum absolute atomic E-state index is 0.0303. The molecule has 0 fully saturated rings. The number of carbonyl (C=O) groups excluding carboxylic acids is 2. The molecule has 2 heterocycles. The predicted molar refractivity (Wildman–Crippen MR) is 100 cm³/mol. The van der Waals surface area contributed by atoms with Crippen LogP contribution >= 0.6 is 11.3 Å². The molecule has 0 radical (unpaired) electrons. The lowest BCUT2D eigenvalue weighted by atomic mass is 9.94. The molecule has 4 rings (SSSR count). The first-order valence-electron chi connectivity index (χ1n) is 8.12. The maximum absolute atomic E-state index is 11.7. The summed E-state index contributed by atoms with van der Waals surface area (Å²) in [5, 5.41) is 0.801. The van der Waals surface area contributed by atoms with E-state index < -0.39 is 5.91 Å². The first-order chi connectivity index (χ1) is 12.0. The number of fused-ring (bicyclic) bond motifs is 2. The van der Waals surface area contributed by atoms with Crippen molar-refractivity contribution in [1.82, 2.24) is 4.98 Å². The molecule has 1 aliphatic carbocycles. The Morgan fingerprint density at radius 3 is 2.52 bits per heavy atom. The minimum Gasteiger partial charge on any atom is -0.397 e. The van der Waals surface area contributed by atoms with Crippen LogP contribution in [0.3, 0.4) is 0 Å². The van der Waals surface area contributed by atoms with E-state index in [0.29, 0.717) is 16.1 Å². The number of thiophene rings is 1. The van der Waals surface area contributed by atoms with Gasteiger partial charge in [-0.15, -0.1) is 11.3 Å². The summed E-state index contributed by atoms with van der Waals surface area (Å²) in [6, 6.07) is 7.52. The number of aromatic nitrogens is 1. The van der Waals surface area contributed by atoms with Crippen LogP contribution in [0.2, 0.25) is 0 Å². The summed E-state index contributed by atoms with van der Waals surface area (Å²) < 4.78 is 0. The van der Waals surface area contributed by atoms with E-state index in [-0.39, 0.29) is 5.78 Å². The molecule has 0 atom stereocenters. The first-order valence-corrected chi connectivity index (χ1v) is 8.94. The van der Waals surface area contributed by atoms with Crippen molar-refractivity contribution >= 4 is 38.9 Å². The van der Waals surface area contributed by atoms with Crippen LogP contribution < -0.4 is 11.5 Å². The topological polar surface area (TPSA) is 99.1 Å². The maximum atomic E-state index is 11.7. The summed E-state index contributed by atoms with van der Waals surface area (Å²) in [4.78, 5) is 29.1. The van der Waals surface area contributed by atoms with E-state index in [0.717, 1.165) is 46.3 Å². The number of nitrogen functional groups attached to an aromatic ring is 1. The van der Waals surface area contributed by atoms with Crippen LogP contribution in [0.4, 0.5) is 5.69 Å². The number of hydrogen-bond acceptors (Lipinski definition) is 5. The average molecular weight is 351 g/mol. The highest BCUT2D eigenvalue weighted by molar-refractivity contribution is 7.21. The molecule has 0 unspecified atom stereocenters. The van der Waals surface area contributed by atoms with E-state index in [1.54, 1.807) is 6.92 Å². The summed E-state index contributed by atoms with van der Waals surface area (Å²) in [5.74, 6) is -0.499. The maximum Gasteiger partial charge on any atom is 0.260 e. The molecule has 6 heteroatoms. The van der Waals surface area contributed by atoms with Crippen molar-refractivity contribution in [3.63, 3.8) is 0 Å². The van der Waals surface area contributed by atoms with Crippen LogP contribution in [0.1, 0.15) is 44.6 Å². The lowest BCUT2D eigenvalue weighted by Crippen LogP contribution is -2.10. The van der Waals surface area contributed by atoms with Crippen LogP contribution in [0, 0.1) is 0 Å². The molecule has 2 aromatic heterocycles. The molecule has 126 valence electrons. The Morgan fingerprint density at radius 1 is 1.16 bits per heavy atom. The van der Waals surface area contributed by atoms with Gasteiger partial charge in [0.15, 0.2) is 5.78 Å². The lowest BCUT2D eigenvalue weighted by Gasteiger charge is -2.12. The Bertz CT molecular complexity index is 1040. The molecule has 0 bridgehead atoms. The van der Waals surface area contributed by atoms with Crippen molar-refractivity contribution in [2.45, 2.75) is 26.2 Å². The highest BCUT2D eigenvalue weighted by atomic mass is 32.1. The van der Waals surface area contributed by atoms with Gasteiger partial charge in [-0.05, 0) is 42.9 Å². The number of nitrogens with zero attached hydrogens (tertiary/aromatic N) is 1. The van der Waals surface area contributed by atoms with E-state index in [1.165, 1.54) is 16.9 Å². The largest absolute Gasteiger partial charge is 0.397 e. The van der Waals surface area contributed by atoms with Gasteiger partial charge in [0.2, 0.25) is 0 Å². The molecule has 1 aliphatic rings. The predicted octanol–water partition coefficient (Wildman–Crippen LogP) is 3.34. The Labute approximate surface area is 148 Å². The van der Waals surface area contributed by atoms with Gasteiger partial charge in [0.05, 0.1) is 5.69 Å². The van der Waals surface area contributed by atoms with Gasteiger partial charge in [0, 0.05) is 16.6 Å². The molecule has 4 N–H and O–H groups in total. The molecule has 25 heavy (non-hydrogen) atoms. The zero-order valence-electron chi connectivity index (χ0n) is 13.8. The third-order valence-electron chi connectivity index (χ3n) is 4.71. The molecule has 0 saturated heterocycles. The van der Waals surface area contributed by atoms with Gasteiger partial charge in [-0.2, -0.15) is 0 Å². The number of ketones is 1. The van der Waals surface area contributed by atoms with Crippen molar-refractivity contribution in [2.75, 3.05) is 5.73 Å². The van der Waals surface area contributed by atoms with Gasteiger partial charge in [-0.1, -0.05) is 24.3 Å². The standard InChI is InChI=1S/C19H17N3O2S/c1-9(23)10-5-7-11(8-6-10)14-12-3-2-4-13(12)22-19-15(14)16(20)17(25-19)18(21)24/h5-8H,2-4,20H2,1H3,(H2,21,24). The van der Waals surface area contributed by atoms with E-state index >= 15 is 0 Å². The van der Waals surface area contributed by atoms with E-state index in [4.69, 9.17) is 16.5 Å². The third kappa shape index (κ3) is 2.41. The number of Topliss-reactive ketones (excluding diaryl/α,β-unsaturated/α-hetero) is 1. The fraction of sp³-hybridized carbons (Fsp3) is 0.211. The third-order valence-corrected chi connectivity index (χ3v) is 5.82. The summed E-state index contributed by atoms with van der Waals surface area (Å²) in [7, 11) is 0. The second-order valence-corrected chi connectivity index (χ2v) is 7.29. The van der Waals surface area contributed by atoms with Crippen LogP contribution in [-0.2, 0) is 12.8 Å². The van der Waals surface area contributed by atoms with Crippen molar-refractivity contribution in [3.8, 4) is 11.1 Å². The molecule has 0 aliphatic heterocycles. The monoisotopic (exact) mass is 351 g/mol. The fourth-order valence-corrected chi connectivity index (χ4v) is 4.49. The number of hydrogen-bond donors (Lipinski definition) is 2. The molecule has 1 amide bonds. The second-order valence-electron chi connectivity index (χ2n) is 6.29. The van der Waals surface area contributed by atoms with Crippen LogP contribution in [0.15, 0.2) is 24.3 Å². The number of rotatable bonds is 3. The van der Waals surface area contributed by atoms with Crippen LogP contribution in [0.5, 0.6) is 0 Å². The van der Waals surface area contributed by atoms with Crippen molar-refractivity contribution in [2.24, 2.45) is 5.73 Å². The summed E-state index contributed by atoms with van der Waals surface area (Å²) in [5.41, 5.74) is 17.1. The van der Waals surface area contributed by atoms with Crippen molar-refractivity contribution in [1.29, 1.82) is 0 Å². The Balaban J connectivity index is 2.04. The van der Waals surface area contributed by atoms with Gasteiger partial charge in [0.1, 0.15) is 9.71 Å². The van der Waals surface area contributed by atoms with E-state index in [1.807, 2.05) is 24.3 Å². The van der Waals surface area contributed by atoms with Gasteiger partial charge < -0.3 is 11.5 Å². The van der Waals surface area contributed by atoms with E-state index in [9.17, 15) is 9.59 Å². The number of nitrogens with two attached hydrogens (primary N) is 2. The highest BCUT2D eigenvalue weighted by Gasteiger charge is 2.25. The number of carbonyl (C=O) groups is 2. The zero-order chi connectivity index (χ0) is 17.7. The summed E-state index contributed by atoms with van der Waals surface area (Å²) >= 11 is 1.25. The highest BCUT2D eigenvalue weighted by Crippen LogP contribution is 2.44. The van der Waals surface area contributed by atoms with Gasteiger partial charge in [0.25, 0.3) is 5.91 Å². The SMILES string of the molecule is CC(=O)c1ccc(-c2c3c(nc4sc(C(N)=O)c(N)c24)CCC3)cc1. The molecule has 1 aromatic carbocycles. The van der Waals surface area contributed by atoms with E-state index in [2.05, 4.69) is 0 Å². The number of aryl methyl sites for hydroxylation is 1. The fourth-order valence-electron chi connectivity index (χ4n) is 3.52. The number of pyridine rings is 1. The van der Waals surface area contributed by atoms with Gasteiger partial charge >= 0.3 is 0 Å². The molecule has 5 nitrogen and oxygen atoms in total. The van der Waals surface area contributed by atoms with Gasteiger partial charge in [-0.25, -0.2) is 4.98 Å². The number of amides is 1. The van der Waals surface area contributed by atoms with Crippen molar-refractivity contribution < 1.29 is 9.59 Å². The molecule has 0 saturated carbocycles. The first kappa shape index (κ1) is 15.8.